The van der Waals surface area contributed by atoms with Gasteiger partial charge in [0.05, 0.1) is 13.7 Å². The van der Waals surface area contributed by atoms with Crippen molar-refractivity contribution in [3.05, 3.63) is 22.3 Å². The van der Waals surface area contributed by atoms with Crippen molar-refractivity contribution in [3.8, 4) is 5.88 Å². The van der Waals surface area contributed by atoms with Crippen LogP contribution in [0.15, 0.2) is 16.7 Å². The zero-order valence-corrected chi connectivity index (χ0v) is 9.50. The van der Waals surface area contributed by atoms with Crippen molar-refractivity contribution in [1.29, 1.82) is 0 Å². The molecule has 0 unspecified atom stereocenters. The van der Waals surface area contributed by atoms with Crippen molar-refractivity contribution in [2.75, 3.05) is 13.7 Å². The highest BCUT2D eigenvalue weighted by atomic mass is 79.9. The number of carbonyl (C=O) groups excluding carboxylic acids is 1. The lowest BCUT2D eigenvalue weighted by atomic mass is 10.3. The fourth-order valence-corrected chi connectivity index (χ4v) is 1.23. The van der Waals surface area contributed by atoms with Crippen LogP contribution in [-0.4, -0.2) is 24.7 Å². The molecule has 0 fully saturated rings. The van der Waals surface area contributed by atoms with Gasteiger partial charge in [-0.3, -0.25) is 0 Å². The minimum Gasteiger partial charge on any atom is -0.480 e. The van der Waals surface area contributed by atoms with E-state index in [9.17, 15) is 4.79 Å². The first-order chi connectivity index (χ1) is 6.69. The van der Waals surface area contributed by atoms with Gasteiger partial charge in [-0.1, -0.05) is 0 Å². The molecule has 14 heavy (non-hydrogen) atoms. The second kappa shape index (κ2) is 4.95. The third-order valence-electron chi connectivity index (χ3n) is 1.51. The summed E-state index contributed by atoms with van der Waals surface area (Å²) in [6, 6.07) is 3.27. The lowest BCUT2D eigenvalue weighted by Crippen LogP contribution is -2.07. The predicted octanol–water partition coefficient (Wildman–Crippen LogP) is 2.03. The molecule has 0 amide bonds. The van der Waals surface area contributed by atoms with Crippen molar-refractivity contribution >= 4 is 21.9 Å². The Hall–Kier alpha value is -1.10. The van der Waals surface area contributed by atoms with Crippen LogP contribution in [0.25, 0.3) is 0 Å². The van der Waals surface area contributed by atoms with E-state index < -0.39 is 5.97 Å². The molecule has 0 aromatic carbocycles. The van der Waals surface area contributed by atoms with E-state index in [1.807, 2.05) is 0 Å². The second-order valence-electron chi connectivity index (χ2n) is 2.41. The van der Waals surface area contributed by atoms with E-state index in [1.165, 1.54) is 7.11 Å². The number of nitrogens with zero attached hydrogens (tertiary/aromatic N) is 1. The van der Waals surface area contributed by atoms with Gasteiger partial charge in [-0.05, 0) is 35.0 Å². The van der Waals surface area contributed by atoms with Crippen molar-refractivity contribution in [2.24, 2.45) is 0 Å². The molecule has 76 valence electrons. The SMILES string of the molecule is CCOC(=O)c1ccc(Br)nc1OC. The van der Waals surface area contributed by atoms with Crippen LogP contribution in [0.4, 0.5) is 0 Å². The van der Waals surface area contributed by atoms with Crippen LogP contribution in [0.1, 0.15) is 17.3 Å². The molecule has 1 aromatic rings. The first kappa shape index (κ1) is 11.0. The summed E-state index contributed by atoms with van der Waals surface area (Å²) in [5.41, 5.74) is 0.331. The van der Waals surface area contributed by atoms with Gasteiger partial charge in [0.2, 0.25) is 5.88 Å². The van der Waals surface area contributed by atoms with Crippen LogP contribution in [-0.2, 0) is 4.74 Å². The molecule has 0 bridgehead atoms. The summed E-state index contributed by atoms with van der Waals surface area (Å²) in [5.74, 6) is -0.165. The van der Waals surface area contributed by atoms with E-state index in [0.717, 1.165) is 0 Å². The fourth-order valence-electron chi connectivity index (χ4n) is 0.938. The van der Waals surface area contributed by atoms with Gasteiger partial charge in [-0.15, -0.1) is 0 Å². The van der Waals surface area contributed by atoms with Crippen LogP contribution in [0.3, 0.4) is 0 Å². The van der Waals surface area contributed by atoms with Crippen LogP contribution >= 0.6 is 15.9 Å². The summed E-state index contributed by atoms with van der Waals surface area (Å²) >= 11 is 3.18. The van der Waals surface area contributed by atoms with Crippen molar-refractivity contribution in [3.63, 3.8) is 0 Å². The van der Waals surface area contributed by atoms with E-state index in [1.54, 1.807) is 19.1 Å². The Morgan fingerprint density at radius 2 is 2.29 bits per heavy atom. The van der Waals surface area contributed by atoms with Crippen molar-refractivity contribution < 1.29 is 14.3 Å². The van der Waals surface area contributed by atoms with Gasteiger partial charge in [-0.2, -0.15) is 0 Å². The summed E-state index contributed by atoms with van der Waals surface area (Å²) < 4.78 is 10.4. The smallest absolute Gasteiger partial charge is 0.343 e. The Bertz CT molecular complexity index is 341. The molecule has 0 aliphatic heterocycles. The summed E-state index contributed by atoms with van der Waals surface area (Å²) in [4.78, 5) is 15.4. The Morgan fingerprint density at radius 1 is 1.57 bits per heavy atom. The van der Waals surface area contributed by atoms with Crippen molar-refractivity contribution in [1.82, 2.24) is 4.98 Å². The Labute approximate surface area is 90.4 Å². The minimum absolute atomic E-state index is 0.262. The molecule has 0 saturated heterocycles. The summed E-state index contributed by atoms with van der Waals surface area (Å²) in [7, 11) is 1.46. The highest BCUT2D eigenvalue weighted by molar-refractivity contribution is 9.10. The number of ether oxygens (including phenoxy) is 2. The molecule has 5 heteroatoms. The van der Waals surface area contributed by atoms with Gasteiger partial charge in [0.15, 0.2) is 0 Å². The maximum absolute atomic E-state index is 11.4. The minimum atomic E-state index is -0.427. The van der Waals surface area contributed by atoms with E-state index in [2.05, 4.69) is 20.9 Å². The molecule has 0 aliphatic carbocycles. The van der Waals surface area contributed by atoms with Gasteiger partial charge in [0.25, 0.3) is 0 Å². The average molecular weight is 260 g/mol. The Kier molecular flexibility index (Phi) is 3.88. The third kappa shape index (κ3) is 2.45. The van der Waals surface area contributed by atoms with Gasteiger partial charge in [0, 0.05) is 0 Å². The number of hydrogen-bond acceptors (Lipinski definition) is 4. The fraction of sp³-hybridized carbons (Fsp3) is 0.333. The third-order valence-corrected chi connectivity index (χ3v) is 1.96. The van der Waals surface area contributed by atoms with Crippen LogP contribution in [0.5, 0.6) is 5.88 Å². The lowest BCUT2D eigenvalue weighted by molar-refractivity contribution is 0.0521. The number of esters is 1. The molecule has 0 saturated carbocycles. The number of carbonyl (C=O) groups is 1. The molecule has 4 nitrogen and oxygen atoms in total. The van der Waals surface area contributed by atoms with Crippen LogP contribution < -0.4 is 4.74 Å². The van der Waals surface area contributed by atoms with Gasteiger partial charge in [0.1, 0.15) is 10.2 Å². The number of pyridine rings is 1. The first-order valence-electron chi connectivity index (χ1n) is 4.06. The number of halogens is 1. The van der Waals surface area contributed by atoms with Crippen LogP contribution in [0.2, 0.25) is 0 Å². The van der Waals surface area contributed by atoms with Gasteiger partial charge in [-0.25, -0.2) is 9.78 Å². The monoisotopic (exact) mass is 259 g/mol. The standard InChI is InChI=1S/C9H10BrNO3/c1-3-14-9(12)6-4-5-7(10)11-8(6)13-2/h4-5H,3H2,1-2H3. The topological polar surface area (TPSA) is 48.4 Å². The van der Waals surface area contributed by atoms with Gasteiger partial charge >= 0.3 is 5.97 Å². The molecular formula is C9H10BrNO3. The van der Waals surface area contributed by atoms with E-state index in [4.69, 9.17) is 9.47 Å². The molecule has 0 radical (unpaired) electrons. The number of methoxy groups -OCH3 is 1. The van der Waals surface area contributed by atoms with E-state index in [-0.39, 0.29) is 5.88 Å². The van der Waals surface area contributed by atoms with E-state index in [0.29, 0.717) is 16.8 Å². The lowest BCUT2D eigenvalue weighted by Gasteiger charge is -2.06. The zero-order chi connectivity index (χ0) is 10.6. The molecule has 1 aromatic heterocycles. The summed E-state index contributed by atoms with van der Waals surface area (Å²) in [6.07, 6.45) is 0. The highest BCUT2D eigenvalue weighted by Crippen LogP contribution is 2.19. The van der Waals surface area contributed by atoms with E-state index >= 15 is 0 Å². The molecule has 1 rings (SSSR count). The number of aromatic nitrogens is 1. The zero-order valence-electron chi connectivity index (χ0n) is 7.91. The summed E-state index contributed by atoms with van der Waals surface area (Å²) in [5, 5.41) is 0. The second-order valence-corrected chi connectivity index (χ2v) is 3.22. The number of rotatable bonds is 3. The first-order valence-corrected chi connectivity index (χ1v) is 4.86. The maximum atomic E-state index is 11.4. The molecule has 0 aliphatic rings. The van der Waals surface area contributed by atoms with Gasteiger partial charge < -0.3 is 9.47 Å². The quantitative estimate of drug-likeness (QED) is 0.616. The van der Waals surface area contributed by atoms with Crippen molar-refractivity contribution in [2.45, 2.75) is 6.92 Å². The number of hydrogen-bond donors (Lipinski definition) is 0. The molecular weight excluding hydrogens is 250 g/mol. The molecule has 0 N–H and O–H groups in total. The highest BCUT2D eigenvalue weighted by Gasteiger charge is 2.14. The molecule has 0 atom stereocenters. The Morgan fingerprint density at radius 3 is 2.86 bits per heavy atom. The Balaban J connectivity index is 3.01. The predicted molar refractivity (Wildman–Crippen MR) is 54.4 cm³/mol. The average Bonchev–Trinajstić information content (AvgIpc) is 2.17. The maximum Gasteiger partial charge on any atom is 0.343 e. The molecule has 1 heterocycles. The summed E-state index contributed by atoms with van der Waals surface area (Å²) in [6.45, 7) is 2.08. The van der Waals surface area contributed by atoms with Crippen LogP contribution in [0, 0.1) is 0 Å². The molecule has 0 spiro atoms. The largest absolute Gasteiger partial charge is 0.480 e. The normalized spacial score (nSPS) is 9.64.